The van der Waals surface area contributed by atoms with E-state index in [4.69, 9.17) is 11.5 Å². The second-order valence-corrected chi connectivity index (χ2v) is 7.80. The van der Waals surface area contributed by atoms with E-state index in [9.17, 15) is 19.5 Å². The Morgan fingerprint density at radius 2 is 1.68 bits per heavy atom. The quantitative estimate of drug-likeness (QED) is 0.141. The number of hydrogen-bond acceptors (Lipinski definition) is 4. The minimum atomic E-state index is -1.18. The maximum absolute atomic E-state index is 13.2. The maximum atomic E-state index is 13.2. The third-order valence-electron chi connectivity index (χ3n) is 5.32. The number of para-hydroxylation sites is 1. The first-order valence-corrected chi connectivity index (χ1v) is 10.8. The summed E-state index contributed by atoms with van der Waals surface area (Å²) in [6, 6.07) is 14.0. The van der Waals surface area contributed by atoms with Crippen LogP contribution in [0.5, 0.6) is 0 Å². The average Bonchev–Trinajstić information content (AvgIpc) is 3.23. The molecule has 178 valence electrons. The van der Waals surface area contributed by atoms with Crippen LogP contribution < -0.4 is 22.1 Å². The van der Waals surface area contributed by atoms with E-state index in [2.05, 4.69) is 20.6 Å². The molecule has 0 aliphatic rings. The predicted octanol–water partition coefficient (Wildman–Crippen LogP) is 1.13. The lowest BCUT2D eigenvalue weighted by molar-refractivity contribution is -0.142. The maximum Gasteiger partial charge on any atom is 0.326 e. The lowest BCUT2D eigenvalue weighted by atomic mass is 10.0. The van der Waals surface area contributed by atoms with Crippen molar-refractivity contribution in [2.24, 2.45) is 16.5 Å². The van der Waals surface area contributed by atoms with Gasteiger partial charge in [-0.25, -0.2) is 4.79 Å². The Bertz CT molecular complexity index is 1170. The molecule has 34 heavy (non-hydrogen) atoms. The second kappa shape index (κ2) is 11.5. The highest BCUT2D eigenvalue weighted by atomic mass is 16.4. The number of carbonyl (C=O) groups is 3. The lowest BCUT2D eigenvalue weighted by Crippen LogP contribution is -2.52. The van der Waals surface area contributed by atoms with Crippen molar-refractivity contribution < 1.29 is 19.5 Å². The lowest BCUT2D eigenvalue weighted by Gasteiger charge is -2.21. The fourth-order valence-corrected chi connectivity index (χ4v) is 3.59. The first kappa shape index (κ1) is 24.3. The summed E-state index contributed by atoms with van der Waals surface area (Å²) < 4.78 is 0. The van der Waals surface area contributed by atoms with Crippen molar-refractivity contribution >= 4 is 34.6 Å². The number of aromatic amines is 1. The molecule has 2 amide bonds. The summed E-state index contributed by atoms with van der Waals surface area (Å²) >= 11 is 0. The Morgan fingerprint density at radius 3 is 2.38 bits per heavy atom. The van der Waals surface area contributed by atoms with Crippen LogP contribution in [0.15, 0.2) is 65.8 Å². The van der Waals surface area contributed by atoms with Crippen molar-refractivity contribution in [1.29, 1.82) is 0 Å². The largest absolute Gasteiger partial charge is 0.480 e. The SMILES string of the molecule is NC(N)=NCCC[C@H](NC(=O)[C@H](Cc1c[nH]c2ccccc12)NC(=O)c1ccccc1)C(=O)O. The Kier molecular flexibility index (Phi) is 8.22. The van der Waals surface area contributed by atoms with Crippen LogP contribution >= 0.6 is 0 Å². The molecular formula is C24H28N6O4. The van der Waals surface area contributed by atoms with E-state index in [1.165, 1.54) is 0 Å². The number of aromatic nitrogens is 1. The second-order valence-electron chi connectivity index (χ2n) is 7.80. The number of H-pyrrole nitrogens is 1. The highest BCUT2D eigenvalue weighted by molar-refractivity contribution is 5.98. The number of amides is 2. The summed E-state index contributed by atoms with van der Waals surface area (Å²) in [6.45, 7) is 0.242. The summed E-state index contributed by atoms with van der Waals surface area (Å²) in [5.41, 5.74) is 12.7. The van der Waals surface area contributed by atoms with Crippen LogP contribution in [-0.2, 0) is 16.0 Å². The summed E-state index contributed by atoms with van der Waals surface area (Å²) in [5, 5.41) is 15.8. The number of hydrogen-bond donors (Lipinski definition) is 6. The number of fused-ring (bicyclic) bond motifs is 1. The van der Waals surface area contributed by atoms with E-state index in [1.807, 2.05) is 24.3 Å². The number of carbonyl (C=O) groups excluding carboxylic acids is 2. The highest BCUT2D eigenvalue weighted by Crippen LogP contribution is 2.19. The van der Waals surface area contributed by atoms with Gasteiger partial charge < -0.3 is 32.2 Å². The molecule has 2 atom stereocenters. The fraction of sp³-hybridized carbons (Fsp3) is 0.250. The standard InChI is InChI=1S/C24H28N6O4/c25-24(26)27-12-6-11-19(23(33)34)29-22(32)20(30-21(31)15-7-2-1-3-8-15)13-16-14-28-18-10-5-4-9-17(16)18/h1-5,7-10,14,19-20,28H,6,11-13H2,(H,29,32)(H,30,31)(H,33,34)(H4,25,26,27)/t19-,20-/m0/s1. The van der Waals surface area contributed by atoms with Gasteiger partial charge in [-0.3, -0.25) is 14.6 Å². The van der Waals surface area contributed by atoms with Gasteiger partial charge in [0, 0.05) is 35.6 Å². The molecule has 0 aliphatic carbocycles. The van der Waals surface area contributed by atoms with Gasteiger partial charge in [-0.2, -0.15) is 0 Å². The van der Waals surface area contributed by atoms with Gasteiger partial charge in [0.15, 0.2) is 5.96 Å². The summed E-state index contributed by atoms with van der Waals surface area (Å²) in [5.74, 6) is -2.29. The van der Waals surface area contributed by atoms with Crippen LogP contribution in [0.4, 0.5) is 0 Å². The van der Waals surface area contributed by atoms with Gasteiger partial charge >= 0.3 is 5.97 Å². The third-order valence-corrected chi connectivity index (χ3v) is 5.32. The molecule has 8 N–H and O–H groups in total. The molecule has 0 radical (unpaired) electrons. The topological polar surface area (TPSA) is 176 Å². The zero-order chi connectivity index (χ0) is 24.5. The predicted molar refractivity (Wildman–Crippen MR) is 129 cm³/mol. The molecule has 2 aromatic carbocycles. The molecule has 10 heteroatoms. The van der Waals surface area contributed by atoms with Crippen molar-refractivity contribution in [2.75, 3.05) is 6.54 Å². The van der Waals surface area contributed by atoms with Crippen LogP contribution in [0.3, 0.4) is 0 Å². The summed E-state index contributed by atoms with van der Waals surface area (Å²) in [7, 11) is 0. The van der Waals surface area contributed by atoms with Crippen molar-refractivity contribution in [1.82, 2.24) is 15.6 Å². The van der Waals surface area contributed by atoms with Crippen molar-refractivity contribution in [2.45, 2.75) is 31.3 Å². The number of guanidine groups is 1. The van der Waals surface area contributed by atoms with E-state index >= 15 is 0 Å². The number of nitrogens with zero attached hydrogens (tertiary/aromatic N) is 1. The van der Waals surface area contributed by atoms with E-state index in [-0.39, 0.29) is 25.3 Å². The van der Waals surface area contributed by atoms with Crippen molar-refractivity contribution in [3.05, 3.63) is 71.9 Å². The minimum absolute atomic E-state index is 0.0849. The van der Waals surface area contributed by atoms with Crippen molar-refractivity contribution in [3.8, 4) is 0 Å². The highest BCUT2D eigenvalue weighted by Gasteiger charge is 2.27. The molecule has 0 fully saturated rings. The smallest absolute Gasteiger partial charge is 0.326 e. The number of rotatable bonds is 11. The number of aliphatic imine (C=N–C) groups is 1. The summed E-state index contributed by atoms with van der Waals surface area (Å²) in [6.07, 6.45) is 2.45. The van der Waals surface area contributed by atoms with Crippen LogP contribution in [0.1, 0.15) is 28.8 Å². The molecule has 1 aromatic heterocycles. The number of nitrogens with one attached hydrogen (secondary N) is 3. The normalized spacial score (nSPS) is 12.5. The molecule has 1 heterocycles. The fourth-order valence-electron chi connectivity index (χ4n) is 3.59. The number of aliphatic carboxylic acids is 1. The number of nitrogens with two attached hydrogens (primary N) is 2. The molecule has 0 unspecified atom stereocenters. The van der Waals surface area contributed by atoms with Crippen LogP contribution in [0, 0.1) is 0 Å². The summed E-state index contributed by atoms with van der Waals surface area (Å²) in [4.78, 5) is 44.7. The molecule has 0 spiro atoms. The van der Waals surface area contributed by atoms with Gasteiger partial charge in [0.2, 0.25) is 5.91 Å². The molecule has 0 aliphatic heterocycles. The van der Waals surface area contributed by atoms with Gasteiger partial charge in [0.1, 0.15) is 12.1 Å². The van der Waals surface area contributed by atoms with E-state index < -0.39 is 29.9 Å². The Hall–Kier alpha value is -4.34. The molecule has 0 saturated heterocycles. The van der Waals surface area contributed by atoms with Gasteiger partial charge in [-0.15, -0.1) is 0 Å². The average molecular weight is 465 g/mol. The van der Waals surface area contributed by atoms with Crippen LogP contribution in [0.25, 0.3) is 10.9 Å². The number of benzene rings is 2. The van der Waals surface area contributed by atoms with Gasteiger partial charge in [0.05, 0.1) is 0 Å². The van der Waals surface area contributed by atoms with Crippen LogP contribution in [-0.4, -0.2) is 52.5 Å². The Labute approximate surface area is 196 Å². The molecular weight excluding hydrogens is 436 g/mol. The minimum Gasteiger partial charge on any atom is -0.480 e. The molecule has 0 saturated carbocycles. The van der Waals surface area contributed by atoms with Crippen LogP contribution in [0.2, 0.25) is 0 Å². The van der Waals surface area contributed by atoms with E-state index in [0.717, 1.165) is 16.5 Å². The molecule has 3 rings (SSSR count). The van der Waals surface area contributed by atoms with Crippen molar-refractivity contribution in [3.63, 3.8) is 0 Å². The van der Waals surface area contributed by atoms with E-state index in [0.29, 0.717) is 12.0 Å². The first-order valence-electron chi connectivity index (χ1n) is 10.8. The van der Waals surface area contributed by atoms with Gasteiger partial charge in [-0.1, -0.05) is 36.4 Å². The van der Waals surface area contributed by atoms with E-state index in [1.54, 1.807) is 36.5 Å². The zero-order valence-corrected chi connectivity index (χ0v) is 18.5. The molecule has 10 nitrogen and oxygen atoms in total. The first-order chi connectivity index (χ1) is 16.3. The molecule has 3 aromatic rings. The number of carboxylic acids is 1. The van der Waals surface area contributed by atoms with Gasteiger partial charge in [0.25, 0.3) is 5.91 Å². The zero-order valence-electron chi connectivity index (χ0n) is 18.5. The third kappa shape index (κ3) is 6.58. The monoisotopic (exact) mass is 464 g/mol. The number of carboxylic acid groups (broad SMARTS) is 1. The van der Waals surface area contributed by atoms with Gasteiger partial charge in [-0.05, 0) is 36.6 Å². The molecule has 0 bridgehead atoms. The Balaban J connectivity index is 1.78. The Morgan fingerprint density at radius 1 is 0.971 bits per heavy atom.